The second kappa shape index (κ2) is 4.41. The van der Waals surface area contributed by atoms with E-state index in [1.54, 1.807) is 5.51 Å². The number of rotatable bonds is 3. The van der Waals surface area contributed by atoms with Gasteiger partial charge in [0.2, 0.25) is 5.88 Å². The quantitative estimate of drug-likeness (QED) is 0.804. The Morgan fingerprint density at radius 2 is 2.33 bits per heavy atom. The molecule has 2 N–H and O–H groups in total. The lowest BCUT2D eigenvalue weighted by atomic mass is 10.5. The van der Waals surface area contributed by atoms with Crippen LogP contribution in [0.2, 0.25) is 0 Å². The second-order valence-corrected chi connectivity index (χ2v) is 4.48. The summed E-state index contributed by atoms with van der Waals surface area (Å²) in [4.78, 5) is 7.93. The highest BCUT2D eigenvalue weighted by atomic mass is 32.2. The third kappa shape index (κ3) is 2.16. The molecule has 0 radical (unpaired) electrons. The van der Waals surface area contributed by atoms with Gasteiger partial charge in [0, 0.05) is 0 Å². The molecule has 2 aromatic heterocycles. The Balaban J connectivity index is 2.29. The van der Waals surface area contributed by atoms with E-state index in [0.717, 1.165) is 4.34 Å². The lowest BCUT2D eigenvalue weighted by Crippen LogP contribution is -1.98. The summed E-state index contributed by atoms with van der Waals surface area (Å²) in [5.74, 6) is 0.372. The van der Waals surface area contributed by atoms with Crippen molar-refractivity contribution in [3.05, 3.63) is 11.8 Å². The zero-order chi connectivity index (χ0) is 10.7. The molecule has 0 fully saturated rings. The van der Waals surface area contributed by atoms with Crippen molar-refractivity contribution >= 4 is 28.8 Å². The molecule has 0 spiro atoms. The second-order valence-electron chi connectivity index (χ2n) is 2.41. The van der Waals surface area contributed by atoms with Gasteiger partial charge in [0.05, 0.1) is 7.11 Å². The largest absolute Gasteiger partial charge is 0.479 e. The third-order valence-corrected chi connectivity index (χ3v) is 3.32. The molecule has 2 rings (SSSR count). The highest BCUT2D eigenvalue weighted by Crippen LogP contribution is 2.33. The predicted molar refractivity (Wildman–Crippen MR) is 57.0 cm³/mol. The highest BCUT2D eigenvalue weighted by molar-refractivity contribution is 8.01. The fraction of sp³-hybridized carbons (Fsp3) is 0.143. The number of anilines is 1. The summed E-state index contributed by atoms with van der Waals surface area (Å²) in [7, 11) is 1.51. The summed E-state index contributed by atoms with van der Waals surface area (Å²) in [6.45, 7) is 0. The minimum absolute atomic E-state index is 0.372. The van der Waals surface area contributed by atoms with Gasteiger partial charge in [-0.05, 0) is 11.8 Å². The first kappa shape index (κ1) is 10.1. The van der Waals surface area contributed by atoms with E-state index >= 15 is 0 Å². The van der Waals surface area contributed by atoms with Crippen LogP contribution in [-0.2, 0) is 0 Å². The van der Waals surface area contributed by atoms with E-state index in [4.69, 9.17) is 10.5 Å². The van der Waals surface area contributed by atoms with Crippen LogP contribution in [-0.4, -0.2) is 27.3 Å². The highest BCUT2D eigenvalue weighted by Gasteiger charge is 2.11. The Kier molecular flexibility index (Phi) is 2.97. The molecule has 2 aromatic rings. The first-order chi connectivity index (χ1) is 7.31. The van der Waals surface area contributed by atoms with Crippen LogP contribution < -0.4 is 10.5 Å². The van der Waals surface area contributed by atoms with Crippen molar-refractivity contribution < 1.29 is 4.74 Å². The van der Waals surface area contributed by atoms with Gasteiger partial charge in [-0.1, -0.05) is 11.3 Å². The average molecular weight is 241 g/mol. The van der Waals surface area contributed by atoms with Gasteiger partial charge < -0.3 is 10.5 Å². The lowest BCUT2D eigenvalue weighted by Gasteiger charge is -2.04. The van der Waals surface area contributed by atoms with Crippen molar-refractivity contribution in [2.45, 2.75) is 9.37 Å². The Bertz CT molecular complexity index is 447. The first-order valence-electron chi connectivity index (χ1n) is 3.89. The third-order valence-electron chi connectivity index (χ3n) is 1.53. The standard InChI is InChI=1S/C7H7N5OS2/c1-13-5-4(8)6(10-2-9-5)15-7-12-11-3-14-7/h2-3H,8H2,1H3. The zero-order valence-electron chi connectivity index (χ0n) is 7.75. The topological polar surface area (TPSA) is 86.8 Å². The normalized spacial score (nSPS) is 10.2. The fourth-order valence-corrected chi connectivity index (χ4v) is 2.29. The van der Waals surface area contributed by atoms with E-state index in [1.807, 2.05) is 0 Å². The lowest BCUT2D eigenvalue weighted by molar-refractivity contribution is 0.397. The van der Waals surface area contributed by atoms with Gasteiger partial charge in [-0.15, -0.1) is 10.2 Å². The molecule has 2 heterocycles. The number of nitrogen functional groups attached to an aromatic ring is 1. The minimum Gasteiger partial charge on any atom is -0.479 e. The van der Waals surface area contributed by atoms with Crippen molar-refractivity contribution in [3.8, 4) is 5.88 Å². The summed E-state index contributed by atoms with van der Waals surface area (Å²) < 4.78 is 5.76. The van der Waals surface area contributed by atoms with Crippen LogP contribution in [0.15, 0.2) is 21.2 Å². The molecular formula is C7H7N5OS2. The van der Waals surface area contributed by atoms with Crippen molar-refractivity contribution in [1.29, 1.82) is 0 Å². The molecule has 0 saturated heterocycles. The summed E-state index contributed by atoms with van der Waals surface area (Å²) >= 11 is 2.76. The molecule has 0 aliphatic rings. The van der Waals surface area contributed by atoms with Crippen LogP contribution in [0.5, 0.6) is 5.88 Å². The number of nitrogens with two attached hydrogens (primary N) is 1. The van der Waals surface area contributed by atoms with E-state index in [2.05, 4.69) is 20.2 Å². The maximum Gasteiger partial charge on any atom is 0.241 e. The van der Waals surface area contributed by atoms with Crippen LogP contribution >= 0.6 is 23.1 Å². The average Bonchev–Trinajstić information content (AvgIpc) is 2.74. The summed E-state index contributed by atoms with van der Waals surface area (Å²) in [6, 6.07) is 0. The van der Waals surface area contributed by atoms with Crippen molar-refractivity contribution in [2.75, 3.05) is 12.8 Å². The van der Waals surface area contributed by atoms with Gasteiger partial charge in [-0.2, -0.15) is 4.98 Å². The SMILES string of the molecule is COc1ncnc(Sc2nncs2)c1N. The predicted octanol–water partition coefficient (Wildman–Crippen LogP) is 1.07. The smallest absolute Gasteiger partial charge is 0.241 e. The number of hydrogen-bond donors (Lipinski definition) is 1. The number of methoxy groups -OCH3 is 1. The number of aromatic nitrogens is 4. The molecule has 0 aromatic carbocycles. The van der Waals surface area contributed by atoms with Crippen molar-refractivity contribution in [3.63, 3.8) is 0 Å². The fourth-order valence-electron chi connectivity index (χ4n) is 0.898. The molecular weight excluding hydrogens is 234 g/mol. The Hall–Kier alpha value is -1.41. The van der Waals surface area contributed by atoms with Gasteiger partial charge in [0.25, 0.3) is 0 Å². The zero-order valence-corrected chi connectivity index (χ0v) is 9.38. The van der Waals surface area contributed by atoms with E-state index in [1.165, 1.54) is 36.5 Å². The van der Waals surface area contributed by atoms with Crippen LogP contribution in [0, 0.1) is 0 Å². The molecule has 0 amide bonds. The van der Waals surface area contributed by atoms with Crippen LogP contribution in [0.4, 0.5) is 5.69 Å². The number of nitrogens with zero attached hydrogens (tertiary/aromatic N) is 4. The van der Waals surface area contributed by atoms with Crippen molar-refractivity contribution in [1.82, 2.24) is 20.2 Å². The number of ether oxygens (including phenoxy) is 1. The molecule has 0 aliphatic carbocycles. The molecule has 0 atom stereocenters. The Labute approximate surface area is 93.9 Å². The maximum atomic E-state index is 5.80. The van der Waals surface area contributed by atoms with E-state index in [9.17, 15) is 0 Å². The summed E-state index contributed by atoms with van der Waals surface area (Å²) in [6.07, 6.45) is 1.40. The van der Waals surface area contributed by atoms with Gasteiger partial charge in [-0.25, -0.2) is 4.98 Å². The van der Waals surface area contributed by atoms with Crippen LogP contribution in [0.1, 0.15) is 0 Å². The molecule has 0 saturated carbocycles. The van der Waals surface area contributed by atoms with Crippen molar-refractivity contribution in [2.24, 2.45) is 0 Å². The Morgan fingerprint density at radius 1 is 1.47 bits per heavy atom. The first-order valence-corrected chi connectivity index (χ1v) is 5.59. The monoisotopic (exact) mass is 241 g/mol. The van der Waals surface area contributed by atoms with E-state index in [-0.39, 0.29) is 0 Å². The van der Waals surface area contributed by atoms with E-state index < -0.39 is 0 Å². The summed E-state index contributed by atoms with van der Waals surface area (Å²) in [5.41, 5.74) is 7.86. The molecule has 0 unspecified atom stereocenters. The molecule has 6 nitrogen and oxygen atoms in total. The van der Waals surface area contributed by atoms with Gasteiger partial charge in [0.15, 0.2) is 4.34 Å². The van der Waals surface area contributed by atoms with Crippen LogP contribution in [0.25, 0.3) is 0 Å². The summed E-state index contributed by atoms with van der Waals surface area (Å²) in [5, 5.41) is 8.23. The molecule has 0 aliphatic heterocycles. The minimum atomic E-state index is 0.372. The van der Waals surface area contributed by atoms with Gasteiger partial charge in [0.1, 0.15) is 22.6 Å². The molecule has 8 heteroatoms. The number of hydrogen-bond acceptors (Lipinski definition) is 8. The van der Waals surface area contributed by atoms with Gasteiger partial charge >= 0.3 is 0 Å². The molecule has 78 valence electrons. The maximum absolute atomic E-state index is 5.80. The molecule has 15 heavy (non-hydrogen) atoms. The molecule has 0 bridgehead atoms. The van der Waals surface area contributed by atoms with Crippen LogP contribution in [0.3, 0.4) is 0 Å². The van der Waals surface area contributed by atoms with E-state index in [0.29, 0.717) is 16.6 Å². The van der Waals surface area contributed by atoms with Gasteiger partial charge in [-0.3, -0.25) is 0 Å². The Morgan fingerprint density at radius 3 is 3.00 bits per heavy atom.